The van der Waals surface area contributed by atoms with Gasteiger partial charge in [0, 0.05) is 34.9 Å². The van der Waals surface area contributed by atoms with Crippen molar-refractivity contribution in [2.75, 3.05) is 0 Å². The number of fused-ring (bicyclic) bond motifs is 1. The van der Waals surface area contributed by atoms with Gasteiger partial charge in [0.15, 0.2) is 22.5 Å². The molecule has 1 fully saturated rings. The predicted octanol–water partition coefficient (Wildman–Crippen LogP) is 3.99. The van der Waals surface area contributed by atoms with Crippen molar-refractivity contribution in [2.45, 2.75) is 29.1 Å². The van der Waals surface area contributed by atoms with Crippen molar-refractivity contribution in [3.8, 4) is 22.8 Å². The monoisotopic (exact) mass is 418 g/mol. The summed E-state index contributed by atoms with van der Waals surface area (Å²) >= 11 is 3.13. The van der Waals surface area contributed by atoms with Crippen LogP contribution in [0.15, 0.2) is 63.7 Å². The van der Waals surface area contributed by atoms with Crippen molar-refractivity contribution in [1.82, 2.24) is 39.6 Å². The van der Waals surface area contributed by atoms with Crippen LogP contribution in [0.4, 0.5) is 0 Å². The first-order valence-electron chi connectivity index (χ1n) is 9.15. The summed E-state index contributed by atoms with van der Waals surface area (Å²) < 4.78 is 3.99. The quantitative estimate of drug-likeness (QED) is 0.426. The zero-order valence-electron chi connectivity index (χ0n) is 15.1. The van der Waals surface area contributed by atoms with Crippen molar-refractivity contribution in [1.29, 1.82) is 0 Å². The number of hydrogen-bond acceptors (Lipinski definition) is 8. The molecule has 0 spiro atoms. The minimum Gasteiger partial charge on any atom is -0.299 e. The number of pyridine rings is 1. The van der Waals surface area contributed by atoms with Gasteiger partial charge in [-0.25, -0.2) is 0 Å². The van der Waals surface area contributed by atoms with Gasteiger partial charge in [0.25, 0.3) is 0 Å². The van der Waals surface area contributed by atoms with Gasteiger partial charge in [0.05, 0.1) is 0 Å². The Morgan fingerprint density at radius 1 is 0.966 bits per heavy atom. The van der Waals surface area contributed by atoms with Crippen LogP contribution in [0.3, 0.4) is 0 Å². The first kappa shape index (κ1) is 16.8. The third-order valence-corrected chi connectivity index (χ3v) is 6.28. The summed E-state index contributed by atoms with van der Waals surface area (Å²) in [7, 11) is 0. The Morgan fingerprint density at radius 3 is 2.69 bits per heavy atom. The molecule has 29 heavy (non-hydrogen) atoms. The molecule has 0 amide bonds. The van der Waals surface area contributed by atoms with Crippen LogP contribution in [0.1, 0.15) is 18.9 Å². The Labute approximate surface area is 173 Å². The molecule has 5 aromatic rings. The third kappa shape index (κ3) is 3.00. The highest BCUT2D eigenvalue weighted by molar-refractivity contribution is 7.99. The van der Waals surface area contributed by atoms with E-state index in [1.54, 1.807) is 22.0 Å². The standard InChI is InChI=1S/C19H14N8S2/c1-2-12(10-20-8-1)17-22-24-19(26(17)14-3-4-14)29-16-6-5-15-21-23-18(27(15)25-16)13-7-9-28-11-13/h1-2,5-11,14H,3-4H2. The lowest BCUT2D eigenvalue weighted by Gasteiger charge is -2.08. The van der Waals surface area contributed by atoms with E-state index in [1.165, 1.54) is 11.8 Å². The molecular weight excluding hydrogens is 404 g/mol. The van der Waals surface area contributed by atoms with Gasteiger partial charge in [-0.15, -0.1) is 20.4 Å². The SMILES string of the molecule is c1cncc(-c2nnc(Sc3ccc4nnc(-c5ccsc5)n4n3)n2C2CC2)c1. The third-order valence-electron chi connectivity index (χ3n) is 4.71. The van der Waals surface area contributed by atoms with E-state index in [-0.39, 0.29) is 0 Å². The van der Waals surface area contributed by atoms with E-state index >= 15 is 0 Å². The van der Waals surface area contributed by atoms with Crippen molar-refractivity contribution in [3.63, 3.8) is 0 Å². The van der Waals surface area contributed by atoms with E-state index < -0.39 is 0 Å². The molecule has 1 saturated carbocycles. The maximum absolute atomic E-state index is 4.76. The van der Waals surface area contributed by atoms with Gasteiger partial charge in [-0.1, -0.05) is 0 Å². The Bertz CT molecular complexity index is 1290. The Balaban J connectivity index is 1.40. The highest BCUT2D eigenvalue weighted by atomic mass is 32.2. The summed E-state index contributed by atoms with van der Waals surface area (Å²) in [5.74, 6) is 1.59. The van der Waals surface area contributed by atoms with Gasteiger partial charge < -0.3 is 0 Å². The van der Waals surface area contributed by atoms with Gasteiger partial charge in [-0.05, 0) is 60.3 Å². The van der Waals surface area contributed by atoms with Crippen LogP contribution in [0.25, 0.3) is 28.4 Å². The topological polar surface area (TPSA) is 86.7 Å². The van der Waals surface area contributed by atoms with Gasteiger partial charge in [0.1, 0.15) is 5.03 Å². The van der Waals surface area contributed by atoms with Crippen LogP contribution in [0, 0.1) is 0 Å². The summed E-state index contributed by atoms with van der Waals surface area (Å²) in [6, 6.07) is 10.3. The average molecular weight is 419 g/mol. The highest BCUT2D eigenvalue weighted by Gasteiger charge is 2.30. The minimum atomic E-state index is 0.433. The van der Waals surface area contributed by atoms with Crippen molar-refractivity contribution in [2.24, 2.45) is 0 Å². The molecule has 5 heterocycles. The van der Waals surface area contributed by atoms with E-state index in [9.17, 15) is 0 Å². The van der Waals surface area contributed by atoms with Crippen molar-refractivity contribution >= 4 is 28.7 Å². The number of aromatic nitrogens is 8. The number of thiophene rings is 1. The van der Waals surface area contributed by atoms with Crippen LogP contribution in [0.2, 0.25) is 0 Å². The summed E-state index contributed by atoms with van der Waals surface area (Å²) in [5.41, 5.74) is 2.70. The number of hydrogen-bond donors (Lipinski definition) is 0. The Hall–Kier alpha value is -3.11. The van der Waals surface area contributed by atoms with E-state index in [2.05, 4.69) is 29.9 Å². The lowest BCUT2D eigenvalue weighted by atomic mass is 10.3. The van der Waals surface area contributed by atoms with Gasteiger partial charge in [0.2, 0.25) is 0 Å². The van der Waals surface area contributed by atoms with Crippen molar-refractivity contribution < 1.29 is 0 Å². The second kappa shape index (κ2) is 6.75. The molecule has 0 bridgehead atoms. The summed E-state index contributed by atoms with van der Waals surface area (Å²) in [4.78, 5) is 4.22. The van der Waals surface area contributed by atoms with Crippen LogP contribution >= 0.6 is 23.1 Å². The van der Waals surface area contributed by atoms with Crippen LogP contribution in [0.5, 0.6) is 0 Å². The van der Waals surface area contributed by atoms with Gasteiger partial charge in [-0.3, -0.25) is 9.55 Å². The molecule has 142 valence electrons. The molecule has 0 saturated heterocycles. The van der Waals surface area contributed by atoms with Gasteiger partial charge >= 0.3 is 0 Å². The van der Waals surface area contributed by atoms with Crippen molar-refractivity contribution in [3.05, 3.63) is 53.5 Å². The molecule has 0 radical (unpaired) electrons. The van der Waals surface area contributed by atoms with Crippen LogP contribution < -0.4 is 0 Å². The zero-order chi connectivity index (χ0) is 19.2. The summed E-state index contributed by atoms with van der Waals surface area (Å²) in [6.07, 6.45) is 5.87. The molecule has 0 unspecified atom stereocenters. The molecule has 0 N–H and O–H groups in total. The normalized spacial score (nSPS) is 13.9. The fourth-order valence-electron chi connectivity index (χ4n) is 3.19. The molecule has 1 aliphatic carbocycles. The molecule has 10 heteroatoms. The van der Waals surface area contributed by atoms with Crippen LogP contribution in [-0.2, 0) is 0 Å². The van der Waals surface area contributed by atoms with Crippen LogP contribution in [-0.4, -0.2) is 39.6 Å². The van der Waals surface area contributed by atoms with E-state index in [4.69, 9.17) is 5.10 Å². The first-order valence-corrected chi connectivity index (χ1v) is 10.9. The summed E-state index contributed by atoms with van der Waals surface area (Å²) in [5, 5.41) is 27.9. The molecule has 6 rings (SSSR count). The number of rotatable bonds is 5. The smallest absolute Gasteiger partial charge is 0.198 e. The van der Waals surface area contributed by atoms with E-state index in [1.807, 2.05) is 47.3 Å². The second-order valence-corrected chi connectivity index (χ2v) is 8.50. The minimum absolute atomic E-state index is 0.433. The first-order chi connectivity index (χ1) is 14.4. The summed E-state index contributed by atoms with van der Waals surface area (Å²) in [6.45, 7) is 0. The lowest BCUT2D eigenvalue weighted by molar-refractivity contribution is 0.668. The maximum atomic E-state index is 4.76. The molecule has 0 aromatic carbocycles. The molecule has 5 aromatic heterocycles. The van der Waals surface area contributed by atoms with E-state index in [0.717, 1.165) is 51.4 Å². The zero-order valence-corrected chi connectivity index (χ0v) is 16.7. The predicted molar refractivity (Wildman–Crippen MR) is 110 cm³/mol. The molecule has 0 aliphatic heterocycles. The average Bonchev–Trinajstić information content (AvgIpc) is 3.15. The molecule has 0 atom stereocenters. The maximum Gasteiger partial charge on any atom is 0.198 e. The largest absolute Gasteiger partial charge is 0.299 e. The van der Waals surface area contributed by atoms with Gasteiger partial charge in [-0.2, -0.15) is 21.0 Å². The molecular formula is C19H14N8S2. The highest BCUT2D eigenvalue weighted by Crippen LogP contribution is 2.42. The Kier molecular flexibility index (Phi) is 3.91. The van der Waals surface area contributed by atoms with E-state index in [0.29, 0.717) is 6.04 Å². The lowest BCUT2D eigenvalue weighted by Crippen LogP contribution is -2.01. The fraction of sp³-hybridized carbons (Fsp3) is 0.158. The molecule has 8 nitrogen and oxygen atoms in total. The Morgan fingerprint density at radius 2 is 1.90 bits per heavy atom. The number of nitrogens with zero attached hydrogens (tertiary/aromatic N) is 8. The molecule has 1 aliphatic rings. The second-order valence-electron chi connectivity index (χ2n) is 6.73. The fourth-order valence-corrected chi connectivity index (χ4v) is 4.69.